The van der Waals surface area contributed by atoms with Crippen molar-refractivity contribution in [2.45, 2.75) is 78.2 Å². The largest absolute Gasteiger partial charge is 0.299 e. The molecule has 0 saturated heterocycles. The van der Waals surface area contributed by atoms with Gasteiger partial charge in [0, 0.05) is 6.42 Å². The van der Waals surface area contributed by atoms with Crippen molar-refractivity contribution in [1.82, 2.24) is 5.48 Å². The molecule has 0 aromatic carbocycles. The lowest BCUT2D eigenvalue weighted by Gasteiger charge is -2.40. The molecule has 0 aromatic heterocycles. The molecule has 0 heterocycles. The van der Waals surface area contributed by atoms with Crippen molar-refractivity contribution < 1.29 is 10.0 Å². The fraction of sp³-hybridized carbons (Fsp3) is 0.889. The minimum absolute atomic E-state index is 0.156. The van der Waals surface area contributed by atoms with Crippen LogP contribution < -0.4 is 5.48 Å². The number of hydroxylamine groups is 1. The molecular weight excluding hydrogens is 276 g/mol. The average molecular weight is 306 g/mol. The van der Waals surface area contributed by atoms with Crippen molar-refractivity contribution in [1.29, 1.82) is 0 Å². The molecule has 2 bridgehead atoms. The van der Waals surface area contributed by atoms with E-state index in [1.807, 2.05) is 0 Å². The highest BCUT2D eigenvalue weighted by Crippen LogP contribution is 2.63. The lowest BCUT2D eigenvalue weighted by atomic mass is 9.68. The summed E-state index contributed by atoms with van der Waals surface area (Å²) in [6.45, 7) is 6.94. The van der Waals surface area contributed by atoms with Gasteiger partial charge in [0.05, 0.1) is 12.0 Å². The molecule has 0 radical (unpaired) electrons. The Balaban J connectivity index is 1.89. The van der Waals surface area contributed by atoms with E-state index in [1.54, 1.807) is 0 Å². The summed E-state index contributed by atoms with van der Waals surface area (Å²) in [4.78, 5) is 17.3. The molecule has 0 aromatic rings. The van der Waals surface area contributed by atoms with E-state index in [0.717, 1.165) is 31.6 Å². The number of rotatable bonds is 2. The number of hydrogen-bond donors (Lipinski definition) is 2. The van der Waals surface area contributed by atoms with Gasteiger partial charge in [0.15, 0.2) is 0 Å². The highest BCUT2D eigenvalue weighted by molar-refractivity contribution is 6.03. The van der Waals surface area contributed by atoms with Crippen LogP contribution in [0.1, 0.15) is 72.1 Å². The first kappa shape index (κ1) is 16.0. The fourth-order valence-electron chi connectivity index (χ4n) is 5.38. The number of carbonyl (C=O) groups excluding carboxylic acids is 1. The second-order valence-electron chi connectivity index (χ2n) is 8.56. The van der Waals surface area contributed by atoms with Crippen LogP contribution in [-0.2, 0) is 4.79 Å². The van der Waals surface area contributed by atoms with Crippen LogP contribution in [0.5, 0.6) is 0 Å². The zero-order valence-electron chi connectivity index (χ0n) is 14.2. The smallest absolute Gasteiger partial charge is 0.143 e. The Morgan fingerprint density at radius 2 is 2.00 bits per heavy atom. The van der Waals surface area contributed by atoms with Gasteiger partial charge in [-0.3, -0.25) is 20.5 Å². The number of ketones is 1. The van der Waals surface area contributed by atoms with Crippen molar-refractivity contribution in [3.63, 3.8) is 0 Å². The third-order valence-electron chi connectivity index (χ3n) is 6.71. The first-order chi connectivity index (χ1) is 10.4. The number of nitrogens with one attached hydrogen (secondary N) is 1. The summed E-state index contributed by atoms with van der Waals surface area (Å²) in [6, 6.07) is 0.199. The van der Waals surface area contributed by atoms with Crippen molar-refractivity contribution >= 4 is 11.6 Å². The molecule has 4 unspecified atom stereocenters. The van der Waals surface area contributed by atoms with Gasteiger partial charge in [-0.15, -0.1) is 0 Å². The van der Waals surface area contributed by atoms with Crippen LogP contribution in [0.25, 0.3) is 0 Å². The Bertz CT molecular complexity index is 481. The van der Waals surface area contributed by atoms with E-state index in [0.29, 0.717) is 12.3 Å². The van der Waals surface area contributed by atoms with Crippen LogP contribution in [-0.4, -0.2) is 22.9 Å². The summed E-state index contributed by atoms with van der Waals surface area (Å²) in [7, 11) is 0. The molecule has 3 saturated carbocycles. The maximum Gasteiger partial charge on any atom is 0.143 e. The standard InChI is InChI=1S/C18H30N2O2/c1-17(2)12-9-10-18(3,11-12)16(17)19-15(20-22)13-7-5-4-6-8-14(13)21/h12-13,16,22H,4-11H2,1-3H3,(H,19,20). The average Bonchev–Trinajstić information content (AvgIpc) is 2.84. The lowest BCUT2D eigenvalue weighted by Crippen LogP contribution is -2.43. The molecule has 3 fully saturated rings. The van der Waals surface area contributed by atoms with Crippen molar-refractivity contribution in [2.75, 3.05) is 0 Å². The van der Waals surface area contributed by atoms with Gasteiger partial charge in [-0.2, -0.15) is 0 Å². The van der Waals surface area contributed by atoms with E-state index in [-0.39, 0.29) is 28.6 Å². The summed E-state index contributed by atoms with van der Waals surface area (Å²) >= 11 is 0. The van der Waals surface area contributed by atoms with Crippen LogP contribution in [0.15, 0.2) is 4.99 Å². The molecule has 0 aliphatic heterocycles. The van der Waals surface area contributed by atoms with Crippen LogP contribution in [0.4, 0.5) is 0 Å². The van der Waals surface area contributed by atoms with Gasteiger partial charge in [0.2, 0.25) is 0 Å². The zero-order valence-corrected chi connectivity index (χ0v) is 14.2. The molecule has 0 spiro atoms. The van der Waals surface area contributed by atoms with Gasteiger partial charge in [-0.05, 0) is 48.9 Å². The van der Waals surface area contributed by atoms with Crippen LogP contribution in [0, 0.1) is 22.7 Å². The van der Waals surface area contributed by atoms with Crippen molar-refractivity contribution in [2.24, 2.45) is 27.7 Å². The van der Waals surface area contributed by atoms with Gasteiger partial charge in [-0.1, -0.05) is 33.6 Å². The second-order valence-corrected chi connectivity index (χ2v) is 8.56. The van der Waals surface area contributed by atoms with Crippen LogP contribution >= 0.6 is 0 Å². The van der Waals surface area contributed by atoms with E-state index in [2.05, 4.69) is 26.3 Å². The monoisotopic (exact) mass is 306 g/mol. The molecule has 2 N–H and O–H groups in total. The van der Waals surface area contributed by atoms with Crippen molar-refractivity contribution in [3.05, 3.63) is 0 Å². The molecule has 4 atom stereocenters. The molecular formula is C18H30N2O2. The number of amidine groups is 1. The quantitative estimate of drug-likeness (QED) is 0.354. The van der Waals surface area contributed by atoms with Crippen molar-refractivity contribution in [3.8, 4) is 0 Å². The fourth-order valence-corrected chi connectivity index (χ4v) is 5.38. The zero-order chi connectivity index (χ0) is 16.0. The summed E-state index contributed by atoms with van der Waals surface area (Å²) in [5.41, 5.74) is 2.68. The molecule has 22 heavy (non-hydrogen) atoms. The van der Waals surface area contributed by atoms with Gasteiger partial charge in [0.1, 0.15) is 11.6 Å². The van der Waals surface area contributed by atoms with Crippen LogP contribution in [0.2, 0.25) is 0 Å². The van der Waals surface area contributed by atoms with E-state index >= 15 is 0 Å². The molecule has 3 aliphatic carbocycles. The summed E-state index contributed by atoms with van der Waals surface area (Å²) in [5, 5.41) is 9.64. The Morgan fingerprint density at radius 1 is 1.23 bits per heavy atom. The first-order valence-electron chi connectivity index (χ1n) is 8.89. The normalized spacial score (nSPS) is 41.5. The topological polar surface area (TPSA) is 61.7 Å². The molecule has 4 nitrogen and oxygen atoms in total. The van der Waals surface area contributed by atoms with Gasteiger partial charge in [-0.25, -0.2) is 0 Å². The third kappa shape index (κ3) is 2.49. The predicted octanol–water partition coefficient (Wildman–Crippen LogP) is 3.73. The molecule has 124 valence electrons. The number of carbonyl (C=O) groups is 1. The molecule has 3 rings (SSSR count). The SMILES string of the molecule is CC12CCC(C1)C(C)(C)C2N=C(NO)C1CCCCCC1=O. The van der Waals surface area contributed by atoms with Gasteiger partial charge in [0.25, 0.3) is 0 Å². The number of aliphatic imine (C=N–C) groups is 1. The summed E-state index contributed by atoms with van der Waals surface area (Å²) in [5.74, 6) is 1.25. The predicted molar refractivity (Wildman–Crippen MR) is 87.0 cm³/mol. The number of hydrogen-bond acceptors (Lipinski definition) is 3. The Kier molecular flexibility index (Phi) is 4.09. The Hall–Kier alpha value is -0.900. The summed E-state index contributed by atoms with van der Waals surface area (Å²) in [6.07, 6.45) is 8.30. The third-order valence-corrected chi connectivity index (χ3v) is 6.71. The van der Waals surface area contributed by atoms with E-state index in [9.17, 15) is 10.0 Å². The van der Waals surface area contributed by atoms with E-state index in [1.165, 1.54) is 19.3 Å². The first-order valence-corrected chi connectivity index (χ1v) is 8.89. The number of fused-ring (bicyclic) bond motifs is 2. The van der Waals surface area contributed by atoms with Gasteiger partial charge >= 0.3 is 0 Å². The van der Waals surface area contributed by atoms with Crippen LogP contribution in [0.3, 0.4) is 0 Å². The van der Waals surface area contributed by atoms with Gasteiger partial charge < -0.3 is 0 Å². The van der Waals surface area contributed by atoms with E-state index < -0.39 is 0 Å². The Labute approximate surface area is 133 Å². The maximum absolute atomic E-state index is 12.4. The number of nitrogens with zero attached hydrogens (tertiary/aromatic N) is 1. The Morgan fingerprint density at radius 3 is 2.64 bits per heavy atom. The summed E-state index contributed by atoms with van der Waals surface area (Å²) < 4.78 is 0. The lowest BCUT2D eigenvalue weighted by molar-refractivity contribution is -0.121. The minimum atomic E-state index is -0.231. The molecule has 4 heteroatoms. The molecule has 0 amide bonds. The number of Topliss-reactive ketones (excluding diaryl/α,β-unsaturated/α-hetero) is 1. The molecule has 3 aliphatic rings. The second kappa shape index (κ2) is 5.63. The highest BCUT2D eigenvalue weighted by Gasteiger charge is 2.59. The highest BCUT2D eigenvalue weighted by atomic mass is 16.5. The minimum Gasteiger partial charge on any atom is -0.299 e. The van der Waals surface area contributed by atoms with E-state index in [4.69, 9.17) is 4.99 Å². The maximum atomic E-state index is 12.4.